The monoisotopic (exact) mass is 817 g/mol. The Kier molecular flexibility index (Phi) is 5.66. The Morgan fingerprint density at radius 1 is 0.600 bits per heavy atom. The van der Waals surface area contributed by atoms with Crippen molar-refractivity contribution in [3.8, 4) is 33.4 Å². The number of benzene rings is 8. The topological polar surface area (TPSA) is 15.6 Å². The highest BCUT2D eigenvalue weighted by Gasteiger charge is 2.37. The molecule has 2 nitrogen and oxygen atoms in total. The molecule has 1 aromatic heterocycles. The van der Waals surface area contributed by atoms with Gasteiger partial charge in [-0.15, -0.1) is 11.3 Å². The minimum Gasteiger partial charge on any atom is -0.309 e. The van der Waals surface area contributed by atoms with Crippen LogP contribution in [0.1, 0.15) is 48.4 Å². The summed E-state index contributed by atoms with van der Waals surface area (Å²) in [7, 11) is 0. The molecule has 8 aromatic carbocycles. The molecule has 0 amide bonds. The molecule has 0 saturated heterocycles. The molecule has 0 bridgehead atoms. The number of hydrogen-bond donors (Lipinski definition) is 0. The zero-order chi connectivity index (χ0) is 51.3. The number of rotatable bonds is 6. The molecule has 2 atom stereocenters. The second-order valence-electron chi connectivity index (χ2n) is 15.6. The Bertz CT molecular complexity index is 3980. The van der Waals surface area contributed by atoms with E-state index in [2.05, 4.69) is 62.4 Å². The minimum atomic E-state index is -0.772. The smallest absolute Gasteiger partial charge is 0.102 e. The van der Waals surface area contributed by atoms with Crippen molar-refractivity contribution < 1.29 is 17.8 Å². The number of thiophene rings is 1. The average Bonchev–Trinajstić information content (AvgIpc) is 4.07. The van der Waals surface area contributed by atoms with Crippen LogP contribution in [-0.4, -0.2) is 16.3 Å². The maximum atomic E-state index is 10.1. The van der Waals surface area contributed by atoms with Gasteiger partial charge in [-0.25, -0.2) is 0 Å². The maximum absolute atomic E-state index is 10.1. The van der Waals surface area contributed by atoms with Crippen molar-refractivity contribution in [2.75, 3.05) is 4.90 Å². The number of allylic oxidation sites excluding steroid dienone is 2. The summed E-state index contributed by atoms with van der Waals surface area (Å²) in [4.78, 5) is 7.23. The lowest BCUT2D eigenvalue weighted by Crippen LogP contribution is -2.18. The molecule has 3 aliphatic rings. The molecule has 0 radical (unpaired) electrons. The Hall–Kier alpha value is -6.46. The van der Waals surface area contributed by atoms with Crippen molar-refractivity contribution in [1.29, 1.82) is 0 Å². The number of thioether (sulfide) groups is 1. The van der Waals surface area contributed by atoms with Gasteiger partial charge in [0.1, 0.15) is 5.04 Å². The third-order valence-corrected chi connectivity index (χ3v) is 14.2. The number of nitrogens with zero attached hydrogens (tertiary/aromatic N) is 2. The highest BCUT2D eigenvalue weighted by Crippen LogP contribution is 2.54. The van der Waals surface area contributed by atoms with Gasteiger partial charge in [-0.3, -0.25) is 4.99 Å². The van der Waals surface area contributed by atoms with Crippen molar-refractivity contribution in [2.24, 2.45) is 4.99 Å². The second kappa shape index (κ2) is 13.8. The van der Waals surface area contributed by atoms with Gasteiger partial charge in [-0.2, -0.15) is 0 Å². The zero-order valence-corrected chi connectivity index (χ0v) is 34.0. The van der Waals surface area contributed by atoms with Crippen LogP contribution in [0.3, 0.4) is 0 Å². The van der Waals surface area contributed by atoms with Crippen molar-refractivity contribution in [2.45, 2.75) is 30.6 Å². The van der Waals surface area contributed by atoms with E-state index < -0.39 is 106 Å². The summed E-state index contributed by atoms with van der Waals surface area (Å²) in [5.74, 6) is 0. The third kappa shape index (κ3) is 5.51. The normalized spacial score (nSPS) is 20.2. The zero-order valence-electron chi connectivity index (χ0n) is 45.3. The molecule has 2 unspecified atom stereocenters. The molecular weight excluding hydrogens is 765 g/mol. The van der Waals surface area contributed by atoms with Crippen molar-refractivity contribution in [3.05, 3.63) is 211 Å². The molecule has 0 spiro atoms. The van der Waals surface area contributed by atoms with E-state index in [0.717, 1.165) is 63.8 Å². The molecule has 60 heavy (non-hydrogen) atoms. The van der Waals surface area contributed by atoms with Gasteiger partial charge in [0.15, 0.2) is 0 Å². The second-order valence-corrected chi connectivity index (χ2v) is 17.8. The van der Waals surface area contributed by atoms with Gasteiger partial charge in [0.2, 0.25) is 0 Å². The summed E-state index contributed by atoms with van der Waals surface area (Å²) in [5.41, 5.74) is 3.43. The molecule has 0 saturated carbocycles. The van der Waals surface area contributed by atoms with Gasteiger partial charge in [0.05, 0.1) is 34.8 Å². The number of anilines is 3. The summed E-state index contributed by atoms with van der Waals surface area (Å²) in [6, 6.07) is 21.4. The molecule has 4 heteroatoms. The van der Waals surface area contributed by atoms with E-state index in [4.69, 9.17) is 14.6 Å². The first kappa shape index (κ1) is 24.6. The molecular formula is C56H40N2S2. The van der Waals surface area contributed by atoms with E-state index in [1.54, 1.807) is 23.1 Å². The van der Waals surface area contributed by atoms with Gasteiger partial charge < -0.3 is 4.90 Å². The van der Waals surface area contributed by atoms with Crippen LogP contribution >= 0.6 is 23.1 Å². The van der Waals surface area contributed by atoms with Gasteiger partial charge in [0.25, 0.3) is 0 Å². The fourth-order valence-corrected chi connectivity index (χ4v) is 11.4. The standard InChI is InChI=1S/C56H40N2S2/c1-56(2)46-20-10-8-16-41(46)42-33-32-40(34-47(42)56)58(39-30-28-38(29-31-39)37-26-24-36(25-27-37)35-14-4-3-5-15-35)53-43-17-6-7-18-44(43)54-51(45-19-9-12-22-49(45)59-54)52(53)55-57-48-21-11-13-23-50(48)60-55/h3-34,48,50H,1-2H3/i3D,4D,5D,14D,15D,24D,25D,26D,27D,28D,29D,30D,31D. The lowest BCUT2D eigenvalue weighted by Gasteiger charge is -2.31. The molecule has 0 fully saturated rings. The summed E-state index contributed by atoms with van der Waals surface area (Å²) < 4.78 is 121. The quantitative estimate of drug-likeness (QED) is 0.166. The first-order valence-corrected chi connectivity index (χ1v) is 21.4. The van der Waals surface area contributed by atoms with Crippen LogP contribution < -0.4 is 4.90 Å². The molecule has 2 aliphatic carbocycles. The fraction of sp³-hybridized carbons (Fsp3) is 0.0893. The lowest BCUT2D eigenvalue weighted by molar-refractivity contribution is 0.660. The van der Waals surface area contributed by atoms with Gasteiger partial charge in [-0.05, 0) is 74.8 Å². The first-order valence-electron chi connectivity index (χ1n) is 26.2. The Balaban J connectivity index is 1.19. The first-order chi connectivity index (χ1) is 34.9. The molecule has 286 valence electrons. The molecule has 1 aliphatic heterocycles. The number of fused-ring (bicyclic) bond motifs is 9. The summed E-state index contributed by atoms with van der Waals surface area (Å²) in [6.45, 7) is 4.32. The fourth-order valence-electron chi connectivity index (χ4n) is 8.96. The number of aliphatic imine (C=N–C) groups is 1. The number of hydrogen-bond acceptors (Lipinski definition) is 4. The van der Waals surface area contributed by atoms with Crippen molar-refractivity contribution >= 4 is 76.1 Å². The highest BCUT2D eigenvalue weighted by molar-refractivity contribution is 8.15. The predicted molar refractivity (Wildman–Crippen MR) is 260 cm³/mol. The van der Waals surface area contributed by atoms with Crippen LogP contribution in [0.4, 0.5) is 17.1 Å². The summed E-state index contributed by atoms with van der Waals surface area (Å²) in [6.07, 6.45) is 8.23. The van der Waals surface area contributed by atoms with Crippen molar-refractivity contribution in [1.82, 2.24) is 0 Å². The highest BCUT2D eigenvalue weighted by atomic mass is 32.2. The van der Waals surface area contributed by atoms with E-state index in [9.17, 15) is 8.22 Å². The SMILES string of the molecule is [2H]c1c([2H])c([2H])c(-c2c([2H])c([2H])c(-c3c([2H])c([2H])c(N(c4ccc5c(c4)C(C)(C)c4ccccc4-5)c4c(C5=NC6C=CC=CC6S5)c5c6ccccc6sc5c5ccccc45)c([2H])c3[2H])c([2H])c2[2H])c([2H])c1[2H]. The van der Waals surface area contributed by atoms with E-state index >= 15 is 0 Å². The van der Waals surface area contributed by atoms with Crippen LogP contribution in [0.2, 0.25) is 0 Å². The van der Waals surface area contributed by atoms with E-state index in [0.29, 0.717) is 11.4 Å². The average molecular weight is 818 g/mol. The Morgan fingerprint density at radius 3 is 2.00 bits per heavy atom. The molecule has 9 aromatic rings. The van der Waals surface area contributed by atoms with Crippen LogP contribution in [0.25, 0.3) is 64.3 Å². The van der Waals surface area contributed by atoms with E-state index in [1.165, 1.54) is 0 Å². The van der Waals surface area contributed by atoms with Crippen molar-refractivity contribution in [3.63, 3.8) is 0 Å². The lowest BCUT2D eigenvalue weighted by atomic mass is 9.82. The van der Waals surface area contributed by atoms with Gasteiger partial charge >= 0.3 is 0 Å². The third-order valence-electron chi connectivity index (χ3n) is 11.8. The van der Waals surface area contributed by atoms with Crippen LogP contribution in [0, 0.1) is 0 Å². The summed E-state index contributed by atoms with van der Waals surface area (Å²) >= 11 is 3.30. The molecule has 2 heterocycles. The van der Waals surface area contributed by atoms with Crippen LogP contribution in [0.15, 0.2) is 199 Å². The largest absolute Gasteiger partial charge is 0.309 e. The maximum Gasteiger partial charge on any atom is 0.102 e. The predicted octanol–water partition coefficient (Wildman–Crippen LogP) is 15.7. The van der Waals surface area contributed by atoms with Crippen LogP contribution in [0.5, 0.6) is 0 Å². The molecule has 0 N–H and O–H groups in total. The minimum absolute atomic E-state index is 0.00155. The Morgan fingerprint density at radius 2 is 1.23 bits per heavy atom. The van der Waals surface area contributed by atoms with E-state index in [1.807, 2.05) is 71.6 Å². The summed E-state index contributed by atoms with van der Waals surface area (Å²) in [5, 5.41) is 4.34. The molecule has 12 rings (SSSR count). The van der Waals surface area contributed by atoms with E-state index in [-0.39, 0.29) is 17.0 Å². The Labute approximate surface area is 377 Å². The van der Waals surface area contributed by atoms with Gasteiger partial charge in [0, 0.05) is 53.3 Å². The van der Waals surface area contributed by atoms with Gasteiger partial charge in [-0.1, -0.05) is 189 Å². The van der Waals surface area contributed by atoms with Crippen LogP contribution in [-0.2, 0) is 5.41 Å².